The summed E-state index contributed by atoms with van der Waals surface area (Å²) in [6, 6.07) is 10.2. The summed E-state index contributed by atoms with van der Waals surface area (Å²) in [5.41, 5.74) is -0.836. The Morgan fingerprint density at radius 3 is 1.37 bits per heavy atom. The molecule has 0 radical (unpaired) electrons. The third-order valence-corrected chi connectivity index (χ3v) is 18.4. The Balaban J connectivity index is 0.000000358. The lowest BCUT2D eigenvalue weighted by Gasteiger charge is -2.43. The van der Waals surface area contributed by atoms with Gasteiger partial charge in [-0.15, -0.1) is 37.2 Å². The number of aliphatic carboxylic acids is 1. The van der Waals surface area contributed by atoms with Crippen LogP contribution >= 0.6 is 37.2 Å². The SMILES string of the molecule is COC(=O)C(C(=O)OC)=C1CCCCC1.COC(=O)C1(C(=O)OC)CN(Cc2ccccc2)CC12CCCCC2.COC(=O)C1(C(=O)OC)CNCC12CCCCC2.Cl.Cl.Cl.O=C(O)C1CNCC12CCCCC2.O=C1CCCCC1. The van der Waals surface area contributed by atoms with Gasteiger partial charge in [0.05, 0.1) is 48.6 Å². The van der Waals surface area contributed by atoms with Crippen LogP contribution in [-0.2, 0) is 73.3 Å². The van der Waals surface area contributed by atoms with Gasteiger partial charge in [-0.3, -0.25) is 33.7 Å². The first-order chi connectivity index (χ1) is 37.5. The molecule has 1 unspecified atom stereocenters. The minimum Gasteiger partial charge on any atom is -0.481 e. The highest BCUT2D eigenvalue weighted by Crippen LogP contribution is 2.57. The number of methoxy groups -OCH3 is 6. The van der Waals surface area contributed by atoms with Gasteiger partial charge < -0.3 is 44.2 Å². The van der Waals surface area contributed by atoms with Crippen molar-refractivity contribution >= 4 is 84.8 Å². The van der Waals surface area contributed by atoms with E-state index in [1.54, 1.807) is 0 Å². The standard InChI is InChI=1S/C20H27NO4.C13H21NO4.C11H16O4.C10H17NO2.C6H10O.3ClH/c1-24-17(22)20(18(23)25-2)15-21(13-16-9-5-3-6-10-16)14-19(20)11-7-4-8-12-19;1-17-10(15)13(11(16)18-2)9-14-8-12(13)6-4-3-5-7-12;1-14-10(12)9(11(13)15-2)8-6-4-3-5-7-8;12-9(13)8-6-11-7-10(8)4-2-1-3-5-10;7-6-4-2-1-3-5-6;;;/h3,5-6,9-10H,4,7-8,11-15H2,1-2H3;14H,3-9H2,1-2H3;3-7H2,1-2H3;8,11H,1-7H2,(H,12,13);1-5H2;3*1H. The predicted molar refractivity (Wildman–Crippen MR) is 312 cm³/mol. The summed E-state index contributed by atoms with van der Waals surface area (Å²) < 4.78 is 29.2. The van der Waals surface area contributed by atoms with Crippen molar-refractivity contribution in [1.82, 2.24) is 15.5 Å². The van der Waals surface area contributed by atoms with Crippen LogP contribution in [0.1, 0.15) is 166 Å². The summed E-state index contributed by atoms with van der Waals surface area (Å²) in [5.74, 6) is -3.25. The number of esters is 6. The van der Waals surface area contributed by atoms with Crippen molar-refractivity contribution in [3.63, 3.8) is 0 Å². The van der Waals surface area contributed by atoms with Gasteiger partial charge in [0.25, 0.3) is 0 Å². The number of Topliss-reactive ketones (excluding diaryl/α,β-unsaturated/α-hetero) is 1. The zero-order valence-corrected chi connectivity index (χ0v) is 51.4. The normalized spacial score (nSPS) is 22.3. The summed E-state index contributed by atoms with van der Waals surface area (Å²) in [4.78, 5) is 96.8. The molecule has 460 valence electrons. The van der Waals surface area contributed by atoms with Crippen molar-refractivity contribution in [3.8, 4) is 0 Å². The molecule has 0 bridgehead atoms. The van der Waals surface area contributed by atoms with Gasteiger partial charge in [-0.1, -0.05) is 101 Å². The van der Waals surface area contributed by atoms with Crippen LogP contribution in [0.3, 0.4) is 0 Å². The Hall–Kier alpha value is -4.33. The number of ketones is 1. The Kier molecular flexibility index (Phi) is 31.5. The van der Waals surface area contributed by atoms with Gasteiger partial charge in [0, 0.05) is 69.5 Å². The molecular weight excluding hydrogens is 1110 g/mol. The molecule has 1 atom stereocenters. The predicted octanol–water partition coefficient (Wildman–Crippen LogP) is 9.28. The van der Waals surface area contributed by atoms with Crippen molar-refractivity contribution in [3.05, 3.63) is 47.0 Å². The van der Waals surface area contributed by atoms with E-state index in [-0.39, 0.29) is 65.0 Å². The molecule has 3 N–H and O–H groups in total. The molecule has 1 aromatic rings. The van der Waals surface area contributed by atoms with Gasteiger partial charge in [-0.2, -0.15) is 0 Å². The molecule has 3 spiro atoms. The van der Waals surface area contributed by atoms with Crippen molar-refractivity contribution < 1.29 is 71.9 Å². The summed E-state index contributed by atoms with van der Waals surface area (Å²) >= 11 is 0. The van der Waals surface area contributed by atoms with E-state index in [4.69, 9.17) is 24.1 Å². The van der Waals surface area contributed by atoms with E-state index in [9.17, 15) is 38.4 Å². The lowest BCUT2D eigenvalue weighted by molar-refractivity contribution is -0.179. The molecular formula is C60H94Cl3N3O15. The highest BCUT2D eigenvalue weighted by molar-refractivity contribution is 6.14. The summed E-state index contributed by atoms with van der Waals surface area (Å²) in [6.45, 7) is 4.43. The maximum atomic E-state index is 12.9. The minimum absolute atomic E-state index is 0. The fourth-order valence-corrected chi connectivity index (χ4v) is 14.2. The number of carbonyl (C=O) groups is 8. The first-order valence-corrected chi connectivity index (χ1v) is 28.7. The van der Waals surface area contributed by atoms with Gasteiger partial charge in [0.1, 0.15) is 11.4 Å². The van der Waals surface area contributed by atoms with Crippen LogP contribution in [0.15, 0.2) is 41.5 Å². The second kappa shape index (κ2) is 35.1. The molecule has 3 heterocycles. The molecule has 18 nitrogen and oxygen atoms in total. The number of hydrogen-bond donors (Lipinski definition) is 3. The number of benzene rings is 1. The number of ether oxygens (including phenoxy) is 6. The van der Waals surface area contributed by atoms with Gasteiger partial charge >= 0.3 is 41.8 Å². The Labute approximate surface area is 499 Å². The van der Waals surface area contributed by atoms with E-state index in [0.717, 1.165) is 154 Å². The second-order valence-electron chi connectivity index (χ2n) is 22.8. The summed E-state index contributed by atoms with van der Waals surface area (Å²) in [6.07, 6.45) is 25.9. The van der Waals surface area contributed by atoms with Gasteiger partial charge in [-0.05, 0) is 93.6 Å². The molecule has 8 aliphatic rings. The number of likely N-dealkylation sites (tertiary alicyclic amines) is 1. The van der Waals surface area contributed by atoms with Gasteiger partial charge in [-0.25, -0.2) is 9.59 Å². The zero-order valence-electron chi connectivity index (χ0n) is 48.9. The topological polar surface area (TPSA) is 239 Å². The number of rotatable bonds is 9. The Bertz CT molecular complexity index is 2160. The molecule has 3 saturated heterocycles. The van der Waals surface area contributed by atoms with E-state index < -0.39 is 52.6 Å². The molecule has 8 fully saturated rings. The van der Waals surface area contributed by atoms with Crippen LogP contribution in [0, 0.1) is 33.0 Å². The number of nitrogens with zero attached hydrogens (tertiary/aromatic N) is 1. The number of carbonyl (C=O) groups excluding carboxylic acids is 7. The van der Waals surface area contributed by atoms with Crippen molar-refractivity contribution in [2.75, 3.05) is 81.9 Å². The average Bonchev–Trinajstić information content (AvgIpc) is 4.21. The summed E-state index contributed by atoms with van der Waals surface area (Å²) in [7, 11) is 7.94. The number of halogens is 3. The fraction of sp³-hybridized carbons (Fsp3) is 0.733. The molecule has 81 heavy (non-hydrogen) atoms. The van der Waals surface area contributed by atoms with Crippen molar-refractivity contribution in [1.29, 1.82) is 0 Å². The minimum atomic E-state index is -1.22. The van der Waals surface area contributed by atoms with Crippen molar-refractivity contribution in [2.24, 2.45) is 33.0 Å². The zero-order chi connectivity index (χ0) is 56.8. The second-order valence-corrected chi connectivity index (χ2v) is 22.8. The summed E-state index contributed by atoms with van der Waals surface area (Å²) in [5, 5.41) is 15.5. The third-order valence-electron chi connectivity index (χ3n) is 18.4. The fourth-order valence-electron chi connectivity index (χ4n) is 14.2. The van der Waals surface area contributed by atoms with E-state index in [0.29, 0.717) is 32.0 Å². The molecule has 21 heteroatoms. The first kappa shape index (κ1) is 72.8. The van der Waals surface area contributed by atoms with E-state index in [1.807, 2.05) is 18.2 Å². The molecule has 5 saturated carbocycles. The van der Waals surface area contributed by atoms with Crippen LogP contribution in [-0.4, -0.2) is 140 Å². The third kappa shape index (κ3) is 17.2. The van der Waals surface area contributed by atoms with Crippen LogP contribution in [0.5, 0.6) is 0 Å². The highest BCUT2D eigenvalue weighted by atomic mass is 35.5. The maximum absolute atomic E-state index is 12.9. The van der Waals surface area contributed by atoms with Crippen LogP contribution in [0.2, 0.25) is 0 Å². The number of carboxylic acids is 1. The lowest BCUT2D eigenvalue weighted by Crippen LogP contribution is -2.54. The number of nitrogens with one attached hydrogen (secondary N) is 2. The van der Waals surface area contributed by atoms with Crippen LogP contribution in [0.4, 0.5) is 0 Å². The number of carboxylic acid groups (broad SMARTS) is 1. The molecule has 0 amide bonds. The number of allylic oxidation sites excluding steroid dienone is 1. The van der Waals surface area contributed by atoms with Gasteiger partial charge in [0.2, 0.25) is 0 Å². The molecule has 3 aliphatic heterocycles. The average molecular weight is 1200 g/mol. The van der Waals surface area contributed by atoms with Crippen LogP contribution in [0.25, 0.3) is 0 Å². The van der Waals surface area contributed by atoms with Crippen molar-refractivity contribution in [2.45, 2.75) is 167 Å². The molecule has 1 aromatic carbocycles. The molecule has 9 rings (SSSR count). The largest absolute Gasteiger partial charge is 0.481 e. The van der Waals surface area contributed by atoms with E-state index in [2.05, 4.69) is 37.1 Å². The van der Waals surface area contributed by atoms with E-state index >= 15 is 0 Å². The smallest absolute Gasteiger partial charge is 0.345 e. The lowest BCUT2D eigenvalue weighted by atomic mass is 9.58. The quantitative estimate of drug-likeness (QED) is 0.0686. The van der Waals surface area contributed by atoms with Crippen LogP contribution < -0.4 is 10.6 Å². The van der Waals surface area contributed by atoms with Gasteiger partial charge in [0.15, 0.2) is 10.8 Å². The Morgan fingerprint density at radius 1 is 0.506 bits per heavy atom. The maximum Gasteiger partial charge on any atom is 0.345 e. The Morgan fingerprint density at radius 2 is 0.938 bits per heavy atom. The highest BCUT2D eigenvalue weighted by Gasteiger charge is 2.68. The molecule has 5 aliphatic carbocycles. The monoisotopic (exact) mass is 1200 g/mol. The number of hydrogen-bond acceptors (Lipinski definition) is 17. The van der Waals surface area contributed by atoms with E-state index in [1.165, 1.54) is 80.3 Å². The molecule has 0 aromatic heterocycles. The first-order valence-electron chi connectivity index (χ1n) is 28.7.